The summed E-state index contributed by atoms with van der Waals surface area (Å²) in [6.45, 7) is 5.12. The predicted octanol–water partition coefficient (Wildman–Crippen LogP) is 0.479. The lowest BCUT2D eigenvalue weighted by molar-refractivity contribution is -0.111. The fourth-order valence-electron chi connectivity index (χ4n) is 0.359. The van der Waals surface area contributed by atoms with E-state index in [9.17, 15) is 4.79 Å². The smallest absolute Gasteiger partial charge is 0.139 e. The third-order valence-corrected chi connectivity index (χ3v) is 0.853. The van der Waals surface area contributed by atoms with E-state index in [2.05, 4.69) is 6.58 Å². The molecule has 0 saturated heterocycles. The lowest BCUT2D eigenvalue weighted by atomic mass is 10.0. The number of nitrogens with two attached hydrogens (primary N) is 1. The van der Waals surface area contributed by atoms with Crippen molar-refractivity contribution >= 4 is 6.29 Å². The van der Waals surface area contributed by atoms with Crippen molar-refractivity contribution < 1.29 is 4.79 Å². The molecule has 0 aromatic heterocycles. The van der Waals surface area contributed by atoms with Gasteiger partial charge in [-0.3, -0.25) is 0 Å². The number of aldehydes is 1. The summed E-state index contributed by atoms with van der Waals surface area (Å²) in [6, 6.07) is 0. The molecule has 0 heterocycles. The number of hydrogen-bond donors (Lipinski definition) is 1. The van der Waals surface area contributed by atoms with Crippen LogP contribution in [0.2, 0.25) is 0 Å². The van der Waals surface area contributed by atoms with E-state index >= 15 is 0 Å². The molecule has 2 heteroatoms. The Morgan fingerprint density at radius 3 is 2.50 bits per heavy atom. The number of rotatable bonds is 3. The molecule has 0 spiro atoms. The van der Waals surface area contributed by atoms with E-state index in [0.717, 1.165) is 6.29 Å². The van der Waals surface area contributed by atoms with Crippen molar-refractivity contribution in [2.45, 2.75) is 18.9 Å². The van der Waals surface area contributed by atoms with Crippen molar-refractivity contribution in [1.29, 1.82) is 0 Å². The monoisotopic (exact) mass is 113 g/mol. The fraction of sp³-hybridized carbons (Fsp3) is 0.500. The number of hydrogen-bond acceptors (Lipinski definition) is 2. The first-order valence-electron chi connectivity index (χ1n) is 2.48. The van der Waals surface area contributed by atoms with Crippen LogP contribution in [0.15, 0.2) is 12.7 Å². The van der Waals surface area contributed by atoms with Crippen molar-refractivity contribution in [3.8, 4) is 0 Å². The van der Waals surface area contributed by atoms with Crippen LogP contribution >= 0.6 is 0 Å². The molecule has 0 aromatic rings. The van der Waals surface area contributed by atoms with Crippen LogP contribution in [0.4, 0.5) is 0 Å². The average molecular weight is 113 g/mol. The number of carbonyl (C=O) groups is 1. The second-order valence-electron chi connectivity index (χ2n) is 2.12. The second kappa shape index (κ2) is 2.62. The summed E-state index contributed by atoms with van der Waals surface area (Å²) >= 11 is 0. The summed E-state index contributed by atoms with van der Waals surface area (Å²) in [5, 5.41) is 0. The Morgan fingerprint density at radius 1 is 1.88 bits per heavy atom. The normalized spacial score (nSPS) is 16.8. The van der Waals surface area contributed by atoms with E-state index in [1.54, 1.807) is 13.0 Å². The predicted molar refractivity (Wildman–Crippen MR) is 33.5 cm³/mol. The minimum atomic E-state index is -0.707. The van der Waals surface area contributed by atoms with Gasteiger partial charge in [-0.2, -0.15) is 0 Å². The lowest BCUT2D eigenvalue weighted by Crippen LogP contribution is -2.36. The molecule has 8 heavy (non-hydrogen) atoms. The maximum atomic E-state index is 10.0. The molecule has 0 aliphatic carbocycles. The van der Waals surface area contributed by atoms with Gasteiger partial charge in [0, 0.05) is 0 Å². The van der Waals surface area contributed by atoms with Gasteiger partial charge in [-0.1, -0.05) is 6.08 Å². The quantitative estimate of drug-likeness (QED) is 0.427. The zero-order valence-electron chi connectivity index (χ0n) is 5.05. The van der Waals surface area contributed by atoms with Gasteiger partial charge in [0.25, 0.3) is 0 Å². The molecule has 0 amide bonds. The van der Waals surface area contributed by atoms with Gasteiger partial charge in [0.2, 0.25) is 0 Å². The Kier molecular flexibility index (Phi) is 2.42. The van der Waals surface area contributed by atoms with Crippen LogP contribution in [0.1, 0.15) is 13.3 Å². The van der Waals surface area contributed by atoms with Gasteiger partial charge in [-0.25, -0.2) is 0 Å². The van der Waals surface area contributed by atoms with E-state index in [1.807, 2.05) is 0 Å². The lowest BCUT2D eigenvalue weighted by Gasteiger charge is -2.12. The average Bonchev–Trinajstić information content (AvgIpc) is 1.67. The Morgan fingerprint density at radius 2 is 2.38 bits per heavy atom. The Labute approximate surface area is 49.4 Å². The molecule has 2 nitrogen and oxygen atoms in total. The summed E-state index contributed by atoms with van der Waals surface area (Å²) in [5.41, 5.74) is 4.68. The van der Waals surface area contributed by atoms with Crippen LogP contribution in [0, 0.1) is 0 Å². The molecule has 0 fully saturated rings. The molecule has 0 saturated carbocycles. The summed E-state index contributed by atoms with van der Waals surface area (Å²) in [7, 11) is 0. The standard InChI is InChI=1S/C6H11NO/c1-3-4-6(2,7)5-8/h3,5H,1,4,7H2,2H3. The topological polar surface area (TPSA) is 43.1 Å². The zero-order chi connectivity index (χ0) is 6.62. The van der Waals surface area contributed by atoms with Crippen molar-refractivity contribution in [2.75, 3.05) is 0 Å². The molecule has 0 aromatic carbocycles. The molecule has 46 valence electrons. The third-order valence-electron chi connectivity index (χ3n) is 0.853. The SMILES string of the molecule is C=CCC(C)(N)C=O. The highest BCUT2D eigenvalue weighted by Crippen LogP contribution is 1.99. The zero-order valence-corrected chi connectivity index (χ0v) is 5.05. The van der Waals surface area contributed by atoms with Crippen LogP contribution in [-0.2, 0) is 4.79 Å². The van der Waals surface area contributed by atoms with Crippen LogP contribution in [0.25, 0.3) is 0 Å². The summed E-state index contributed by atoms with van der Waals surface area (Å²) in [6.07, 6.45) is 2.90. The molecule has 0 radical (unpaired) electrons. The van der Waals surface area contributed by atoms with Crippen molar-refractivity contribution in [3.05, 3.63) is 12.7 Å². The van der Waals surface area contributed by atoms with Crippen molar-refractivity contribution in [2.24, 2.45) is 5.73 Å². The van der Waals surface area contributed by atoms with Crippen molar-refractivity contribution in [3.63, 3.8) is 0 Å². The molecule has 0 aliphatic rings. The highest BCUT2D eigenvalue weighted by molar-refractivity contribution is 5.63. The summed E-state index contributed by atoms with van der Waals surface area (Å²) in [5.74, 6) is 0. The van der Waals surface area contributed by atoms with E-state index in [0.29, 0.717) is 6.42 Å². The van der Waals surface area contributed by atoms with Gasteiger partial charge in [0.15, 0.2) is 0 Å². The van der Waals surface area contributed by atoms with Crippen molar-refractivity contribution in [1.82, 2.24) is 0 Å². The van der Waals surface area contributed by atoms with Crippen LogP contribution in [0.3, 0.4) is 0 Å². The first-order chi connectivity index (χ1) is 3.62. The Balaban J connectivity index is 3.70. The van der Waals surface area contributed by atoms with Gasteiger partial charge in [0.05, 0.1) is 5.54 Å². The largest absolute Gasteiger partial charge is 0.319 e. The number of carbonyl (C=O) groups excluding carboxylic acids is 1. The van der Waals surface area contributed by atoms with Crippen LogP contribution in [-0.4, -0.2) is 11.8 Å². The van der Waals surface area contributed by atoms with E-state index in [4.69, 9.17) is 5.73 Å². The Bertz CT molecular complexity index is 96.7. The third kappa shape index (κ3) is 2.53. The molecule has 0 bridgehead atoms. The second-order valence-corrected chi connectivity index (χ2v) is 2.12. The molecular weight excluding hydrogens is 102 g/mol. The summed E-state index contributed by atoms with van der Waals surface area (Å²) < 4.78 is 0. The Hall–Kier alpha value is -0.630. The highest BCUT2D eigenvalue weighted by Gasteiger charge is 2.12. The van der Waals surface area contributed by atoms with E-state index in [-0.39, 0.29) is 0 Å². The molecule has 0 aliphatic heterocycles. The first kappa shape index (κ1) is 7.37. The fourth-order valence-corrected chi connectivity index (χ4v) is 0.359. The van der Waals surface area contributed by atoms with E-state index in [1.165, 1.54) is 0 Å². The van der Waals surface area contributed by atoms with Crippen LogP contribution in [0.5, 0.6) is 0 Å². The molecule has 2 N–H and O–H groups in total. The summed E-state index contributed by atoms with van der Waals surface area (Å²) in [4.78, 5) is 10.0. The minimum Gasteiger partial charge on any atom is -0.319 e. The minimum absolute atomic E-state index is 0.538. The maximum Gasteiger partial charge on any atom is 0.139 e. The van der Waals surface area contributed by atoms with Gasteiger partial charge >= 0.3 is 0 Å². The maximum absolute atomic E-state index is 10.0. The molecule has 1 atom stereocenters. The van der Waals surface area contributed by atoms with Gasteiger partial charge in [0.1, 0.15) is 6.29 Å². The highest BCUT2D eigenvalue weighted by atomic mass is 16.1. The van der Waals surface area contributed by atoms with Gasteiger partial charge < -0.3 is 10.5 Å². The molecule has 0 rings (SSSR count). The van der Waals surface area contributed by atoms with E-state index < -0.39 is 5.54 Å². The molecule has 1 unspecified atom stereocenters. The van der Waals surface area contributed by atoms with Crippen LogP contribution < -0.4 is 5.73 Å². The molecular formula is C6H11NO. The first-order valence-corrected chi connectivity index (χ1v) is 2.48. The van der Waals surface area contributed by atoms with Gasteiger partial charge in [-0.15, -0.1) is 6.58 Å². The van der Waals surface area contributed by atoms with Gasteiger partial charge in [-0.05, 0) is 13.3 Å².